The van der Waals surface area contributed by atoms with Gasteiger partial charge in [0.05, 0.1) is 11.6 Å². The van der Waals surface area contributed by atoms with E-state index in [0.29, 0.717) is 37.7 Å². The molecule has 0 saturated carbocycles. The van der Waals surface area contributed by atoms with Crippen molar-refractivity contribution in [2.24, 2.45) is 0 Å². The van der Waals surface area contributed by atoms with Crippen LogP contribution >= 0.6 is 11.3 Å². The van der Waals surface area contributed by atoms with Crippen molar-refractivity contribution in [3.05, 3.63) is 57.6 Å². The van der Waals surface area contributed by atoms with E-state index in [2.05, 4.69) is 21.7 Å². The second-order valence-electron chi connectivity index (χ2n) is 9.47. The van der Waals surface area contributed by atoms with Gasteiger partial charge in [-0.3, -0.25) is 4.79 Å². The van der Waals surface area contributed by atoms with Crippen LogP contribution in [0.4, 0.5) is 4.79 Å². The second-order valence-corrected chi connectivity index (χ2v) is 10.4. The summed E-state index contributed by atoms with van der Waals surface area (Å²) in [6.07, 6.45) is 10.7. The van der Waals surface area contributed by atoms with Crippen molar-refractivity contribution in [1.29, 1.82) is 0 Å². The number of allylic oxidation sites excluding steroid dienone is 1. The fourth-order valence-electron chi connectivity index (χ4n) is 4.89. The summed E-state index contributed by atoms with van der Waals surface area (Å²) in [4.78, 5) is 31.7. The molecule has 1 saturated heterocycles. The molecule has 1 aliphatic carbocycles. The minimum atomic E-state index is -0.142. The first-order valence-electron chi connectivity index (χ1n) is 13.3. The van der Waals surface area contributed by atoms with E-state index >= 15 is 0 Å². The molecule has 194 valence electrons. The number of thiazole rings is 1. The number of ether oxygens (including phenoxy) is 1. The summed E-state index contributed by atoms with van der Waals surface area (Å²) in [6, 6.07) is 7.96. The molecular formula is C28H38N4O3S. The van der Waals surface area contributed by atoms with Gasteiger partial charge in [-0.15, -0.1) is 11.3 Å². The Morgan fingerprint density at radius 1 is 1.11 bits per heavy atom. The summed E-state index contributed by atoms with van der Waals surface area (Å²) in [6.45, 7) is 5.27. The van der Waals surface area contributed by atoms with Crippen LogP contribution < -0.4 is 15.4 Å². The summed E-state index contributed by atoms with van der Waals surface area (Å²) >= 11 is 1.55. The van der Waals surface area contributed by atoms with Gasteiger partial charge in [0.25, 0.3) is 5.91 Å². The number of hydrogen-bond acceptors (Lipinski definition) is 5. The molecule has 2 heterocycles. The van der Waals surface area contributed by atoms with Crippen LogP contribution in [0.25, 0.3) is 0 Å². The highest BCUT2D eigenvalue weighted by Gasteiger charge is 2.26. The lowest BCUT2D eigenvalue weighted by Gasteiger charge is -2.31. The van der Waals surface area contributed by atoms with Crippen LogP contribution in [0.5, 0.6) is 5.75 Å². The fraction of sp³-hybridized carbons (Fsp3) is 0.536. The van der Waals surface area contributed by atoms with Crippen molar-refractivity contribution < 1.29 is 14.3 Å². The summed E-state index contributed by atoms with van der Waals surface area (Å²) in [5.41, 5.74) is 3.05. The summed E-state index contributed by atoms with van der Waals surface area (Å²) in [7, 11) is 0. The van der Waals surface area contributed by atoms with Gasteiger partial charge in [-0.2, -0.15) is 0 Å². The molecule has 1 aromatic heterocycles. The van der Waals surface area contributed by atoms with Crippen molar-refractivity contribution >= 4 is 23.3 Å². The smallest absolute Gasteiger partial charge is 0.317 e. The number of urea groups is 1. The maximum Gasteiger partial charge on any atom is 0.317 e. The minimum absolute atomic E-state index is 0.0370. The van der Waals surface area contributed by atoms with Crippen molar-refractivity contribution in [2.75, 3.05) is 32.8 Å². The van der Waals surface area contributed by atoms with E-state index in [0.717, 1.165) is 48.7 Å². The van der Waals surface area contributed by atoms with Crippen LogP contribution in [-0.2, 0) is 6.42 Å². The SMILES string of the molecule is CCOc1ccccc1CCNC(=O)c1csc(C2CCN(C(=O)NCCC3=CCCCC3)CC2)n1. The van der Waals surface area contributed by atoms with Gasteiger partial charge in [0.1, 0.15) is 11.4 Å². The van der Waals surface area contributed by atoms with Gasteiger partial charge in [0.2, 0.25) is 0 Å². The molecule has 0 bridgehead atoms. The number of nitrogens with zero attached hydrogens (tertiary/aromatic N) is 2. The van der Waals surface area contributed by atoms with Gasteiger partial charge in [-0.25, -0.2) is 9.78 Å². The zero-order valence-electron chi connectivity index (χ0n) is 21.3. The molecule has 0 atom stereocenters. The number of amides is 3. The first-order chi connectivity index (χ1) is 17.6. The van der Waals surface area contributed by atoms with E-state index in [1.54, 1.807) is 11.3 Å². The first-order valence-corrected chi connectivity index (χ1v) is 14.2. The van der Waals surface area contributed by atoms with E-state index in [4.69, 9.17) is 4.74 Å². The Hall–Kier alpha value is -2.87. The van der Waals surface area contributed by atoms with E-state index in [-0.39, 0.29) is 11.9 Å². The number of likely N-dealkylation sites (tertiary alicyclic amines) is 1. The second kappa shape index (κ2) is 13.4. The maximum absolute atomic E-state index is 12.6. The maximum atomic E-state index is 12.6. The Morgan fingerprint density at radius 2 is 1.92 bits per heavy atom. The molecule has 2 aliphatic rings. The largest absolute Gasteiger partial charge is 0.494 e. The molecule has 1 aliphatic heterocycles. The van der Waals surface area contributed by atoms with Crippen molar-refractivity contribution in [2.45, 2.75) is 64.2 Å². The number of para-hydroxylation sites is 1. The van der Waals surface area contributed by atoms with E-state index in [1.165, 1.54) is 31.3 Å². The van der Waals surface area contributed by atoms with E-state index in [9.17, 15) is 9.59 Å². The Morgan fingerprint density at radius 3 is 2.69 bits per heavy atom. The Balaban J connectivity index is 1.18. The minimum Gasteiger partial charge on any atom is -0.494 e. The summed E-state index contributed by atoms with van der Waals surface area (Å²) in [5.74, 6) is 1.02. The number of piperidine rings is 1. The number of rotatable bonds is 10. The quantitative estimate of drug-likeness (QED) is 0.425. The molecule has 2 N–H and O–H groups in total. The van der Waals surface area contributed by atoms with Crippen LogP contribution in [-0.4, -0.2) is 54.6 Å². The van der Waals surface area contributed by atoms with Gasteiger partial charge in [0.15, 0.2) is 0 Å². The molecule has 1 fully saturated rings. The zero-order chi connectivity index (χ0) is 25.2. The number of carbonyl (C=O) groups excluding carboxylic acids is 2. The van der Waals surface area contributed by atoms with Crippen LogP contribution in [0.15, 0.2) is 41.3 Å². The molecule has 3 amide bonds. The Labute approximate surface area is 218 Å². The average molecular weight is 511 g/mol. The molecule has 0 spiro atoms. The summed E-state index contributed by atoms with van der Waals surface area (Å²) in [5, 5.41) is 8.91. The number of hydrogen-bond donors (Lipinski definition) is 2. The molecule has 8 heteroatoms. The van der Waals surface area contributed by atoms with Gasteiger partial charge in [0, 0.05) is 37.5 Å². The average Bonchev–Trinajstić information content (AvgIpc) is 3.41. The first kappa shape index (κ1) is 26.2. The van der Waals surface area contributed by atoms with Crippen molar-refractivity contribution in [3.63, 3.8) is 0 Å². The third-order valence-corrected chi connectivity index (χ3v) is 7.95. The monoisotopic (exact) mass is 510 g/mol. The van der Waals surface area contributed by atoms with Crippen LogP contribution in [0.3, 0.4) is 0 Å². The molecule has 0 radical (unpaired) electrons. The van der Waals surface area contributed by atoms with Gasteiger partial charge >= 0.3 is 6.03 Å². The highest BCUT2D eigenvalue weighted by molar-refractivity contribution is 7.09. The van der Waals surface area contributed by atoms with Crippen LogP contribution in [0.2, 0.25) is 0 Å². The third kappa shape index (κ3) is 7.32. The van der Waals surface area contributed by atoms with Crippen molar-refractivity contribution in [3.8, 4) is 5.75 Å². The molecule has 0 unspecified atom stereocenters. The van der Waals surface area contributed by atoms with E-state index in [1.807, 2.05) is 41.5 Å². The lowest BCUT2D eigenvalue weighted by molar-refractivity contribution is 0.0949. The number of carbonyl (C=O) groups is 2. The Kier molecular flexibility index (Phi) is 9.78. The van der Waals surface area contributed by atoms with Crippen LogP contribution in [0, 0.1) is 0 Å². The topological polar surface area (TPSA) is 83.6 Å². The van der Waals surface area contributed by atoms with Gasteiger partial charge in [-0.05, 0) is 69.9 Å². The van der Waals surface area contributed by atoms with E-state index < -0.39 is 0 Å². The van der Waals surface area contributed by atoms with Crippen LogP contribution in [0.1, 0.15) is 78.8 Å². The highest BCUT2D eigenvalue weighted by Crippen LogP contribution is 2.30. The lowest BCUT2D eigenvalue weighted by atomic mass is 9.97. The molecule has 4 rings (SSSR count). The standard InChI is InChI=1S/C28H38N4O3S/c1-2-35-25-11-7-6-10-22(25)13-17-29-26(33)24-20-36-27(31-24)23-14-18-32(19-15-23)28(34)30-16-12-21-8-4-3-5-9-21/h6-8,10-11,20,23H,2-5,9,12-19H2,1H3,(H,29,33)(H,30,34). The fourth-order valence-corrected chi connectivity index (χ4v) is 5.86. The van der Waals surface area contributed by atoms with Gasteiger partial charge < -0.3 is 20.3 Å². The predicted molar refractivity (Wildman–Crippen MR) is 144 cm³/mol. The lowest BCUT2D eigenvalue weighted by Crippen LogP contribution is -2.44. The Bertz CT molecular complexity index is 1040. The normalized spacial score (nSPS) is 16.4. The molecular weight excluding hydrogens is 472 g/mol. The number of benzene rings is 1. The van der Waals surface area contributed by atoms with Crippen molar-refractivity contribution in [1.82, 2.24) is 20.5 Å². The summed E-state index contributed by atoms with van der Waals surface area (Å²) < 4.78 is 5.66. The molecule has 7 nitrogen and oxygen atoms in total. The number of nitrogens with one attached hydrogen (secondary N) is 2. The molecule has 2 aromatic rings. The van der Waals surface area contributed by atoms with Gasteiger partial charge in [-0.1, -0.05) is 29.8 Å². The molecule has 1 aromatic carbocycles. The zero-order valence-corrected chi connectivity index (χ0v) is 22.1. The number of aromatic nitrogens is 1. The highest BCUT2D eigenvalue weighted by atomic mass is 32.1. The molecule has 36 heavy (non-hydrogen) atoms. The predicted octanol–water partition coefficient (Wildman–Crippen LogP) is 5.29. The third-order valence-electron chi connectivity index (χ3n) is 6.95.